The first-order chi connectivity index (χ1) is 23.7. The summed E-state index contributed by atoms with van der Waals surface area (Å²) in [6.07, 6.45) is 47.0. The average molecular weight is 712 g/mol. The fourth-order valence-corrected chi connectivity index (χ4v) is 7.24. The Balaban J connectivity index is 0.0000230. The van der Waals surface area contributed by atoms with Gasteiger partial charge in [-0.3, -0.25) is 4.79 Å². The quantitative estimate of drug-likeness (QED) is 0.0402. The summed E-state index contributed by atoms with van der Waals surface area (Å²) in [5, 5.41) is 9.59. The molecule has 0 aromatic carbocycles. The molecule has 0 aliphatic carbocycles. The largest absolute Gasteiger partial charge is 1.00 e. The van der Waals surface area contributed by atoms with E-state index in [1.807, 2.05) is 0 Å². The molecule has 5 nitrogen and oxygen atoms in total. The Bertz CT molecular complexity index is 747. The highest BCUT2D eigenvalue weighted by Gasteiger charge is 2.34. The number of nitrogens with one attached hydrogen (secondary N) is 1. The maximum absolute atomic E-state index is 12.3. The van der Waals surface area contributed by atoms with Crippen molar-refractivity contribution in [3.63, 3.8) is 0 Å². The van der Waals surface area contributed by atoms with Crippen LogP contribution in [-0.4, -0.2) is 61.5 Å². The summed E-state index contributed by atoms with van der Waals surface area (Å²) < 4.78 is 5.66. The minimum Gasteiger partial charge on any atom is -1.00 e. The Morgan fingerprint density at radius 1 is 0.653 bits per heavy atom. The highest BCUT2D eigenvalue weighted by Crippen LogP contribution is 2.14. The van der Waals surface area contributed by atoms with Crippen LogP contribution in [0.15, 0.2) is 24.3 Å². The van der Waals surface area contributed by atoms with Crippen molar-refractivity contribution in [3.05, 3.63) is 24.3 Å². The van der Waals surface area contributed by atoms with Gasteiger partial charge in [-0.1, -0.05) is 147 Å². The summed E-state index contributed by atoms with van der Waals surface area (Å²) in [6.45, 7) is 9.08. The van der Waals surface area contributed by atoms with Crippen LogP contribution >= 0.6 is 0 Å². The number of aliphatic hydroxyl groups is 1. The minimum atomic E-state index is -0.0247. The molecule has 0 amide bonds. The SMILES string of the molecule is CCCCCCCC/C=C\CCCCCCCCC1N(CCO)CC[NH+]1CCOC(=O)CCCCCCC/C=C\CCCCCCCC.[Cl-]. The molecule has 1 aliphatic rings. The van der Waals surface area contributed by atoms with Gasteiger partial charge in [-0.2, -0.15) is 0 Å². The summed E-state index contributed by atoms with van der Waals surface area (Å²) in [6, 6.07) is 0. The van der Waals surface area contributed by atoms with E-state index in [1.54, 1.807) is 0 Å². The Morgan fingerprint density at radius 2 is 1.08 bits per heavy atom. The second-order valence-electron chi connectivity index (χ2n) is 14.7. The van der Waals surface area contributed by atoms with Crippen molar-refractivity contribution in [3.8, 4) is 0 Å². The summed E-state index contributed by atoms with van der Waals surface area (Å²) in [5.74, 6) is -0.0247. The predicted octanol–water partition coefficient (Wildman–Crippen LogP) is 7.52. The number of hydrogen-bond donors (Lipinski definition) is 2. The number of halogens is 1. The molecule has 1 rings (SSSR count). The van der Waals surface area contributed by atoms with Gasteiger partial charge in [-0.25, -0.2) is 4.90 Å². The third kappa shape index (κ3) is 30.5. The van der Waals surface area contributed by atoms with Gasteiger partial charge in [0.15, 0.2) is 0 Å². The Hall–Kier alpha value is -0.880. The number of aliphatic hydroxyl groups excluding tert-OH is 1. The number of esters is 1. The number of rotatable bonds is 36. The molecule has 1 heterocycles. The number of nitrogens with zero attached hydrogens (tertiary/aromatic N) is 1. The molecule has 1 aliphatic heterocycles. The third-order valence-electron chi connectivity index (χ3n) is 10.3. The molecule has 290 valence electrons. The summed E-state index contributed by atoms with van der Waals surface area (Å²) >= 11 is 0. The Labute approximate surface area is 311 Å². The van der Waals surface area contributed by atoms with E-state index in [2.05, 4.69) is 43.1 Å². The molecule has 2 atom stereocenters. The summed E-state index contributed by atoms with van der Waals surface area (Å²) in [4.78, 5) is 16.3. The molecular weight excluding hydrogens is 628 g/mol. The van der Waals surface area contributed by atoms with E-state index in [4.69, 9.17) is 4.74 Å². The molecule has 0 saturated carbocycles. The number of unbranched alkanes of at least 4 members (excludes halogenated alkanes) is 23. The van der Waals surface area contributed by atoms with Crippen LogP contribution in [0.25, 0.3) is 0 Å². The molecule has 0 aromatic rings. The van der Waals surface area contributed by atoms with Crippen LogP contribution in [-0.2, 0) is 9.53 Å². The van der Waals surface area contributed by atoms with Crippen molar-refractivity contribution in [2.75, 3.05) is 39.4 Å². The van der Waals surface area contributed by atoms with Crippen LogP contribution in [0.5, 0.6) is 0 Å². The number of carbonyl (C=O) groups is 1. The maximum Gasteiger partial charge on any atom is 0.305 e. The Morgan fingerprint density at radius 3 is 1.55 bits per heavy atom. The minimum absolute atomic E-state index is 0. The highest BCUT2D eigenvalue weighted by molar-refractivity contribution is 5.69. The first kappa shape index (κ1) is 48.1. The number of allylic oxidation sites excluding steroid dienone is 4. The fraction of sp³-hybridized carbons (Fsp3) is 0.884. The fourth-order valence-electron chi connectivity index (χ4n) is 7.24. The molecule has 6 heteroatoms. The molecule has 1 fully saturated rings. The van der Waals surface area contributed by atoms with Crippen LogP contribution < -0.4 is 17.3 Å². The molecule has 2 unspecified atom stereocenters. The lowest BCUT2D eigenvalue weighted by atomic mass is 10.1. The van der Waals surface area contributed by atoms with E-state index in [0.717, 1.165) is 39.0 Å². The number of hydrogen-bond acceptors (Lipinski definition) is 4. The second kappa shape index (κ2) is 38.4. The van der Waals surface area contributed by atoms with E-state index in [0.29, 0.717) is 19.2 Å². The number of carbonyl (C=O) groups excluding carboxylic acids is 1. The van der Waals surface area contributed by atoms with Gasteiger partial charge in [0.2, 0.25) is 0 Å². The normalized spacial score (nSPS) is 16.6. The second-order valence-corrected chi connectivity index (χ2v) is 14.7. The lowest BCUT2D eigenvalue weighted by molar-refractivity contribution is -0.918. The summed E-state index contributed by atoms with van der Waals surface area (Å²) in [7, 11) is 0. The van der Waals surface area contributed by atoms with Crippen LogP contribution in [0.1, 0.15) is 200 Å². The summed E-state index contributed by atoms with van der Waals surface area (Å²) in [5.41, 5.74) is 0. The standard InChI is InChI=1S/C43H82N2O3.ClH/c1-3-5-7-9-11-13-15-17-19-21-22-24-26-28-30-32-34-42-44(38-40-46)36-37-45(42)39-41-48-43(47)35-33-31-29-27-25-23-20-18-16-14-12-10-8-6-4-2;/h17-20,42,46H,3-16,21-41H2,1-2H3;1H/b19-17-,20-18-;. The number of ether oxygens (including phenoxy) is 1. The van der Waals surface area contributed by atoms with Crippen molar-refractivity contribution >= 4 is 5.97 Å². The molecule has 1 saturated heterocycles. The number of quaternary nitrogens is 1. The van der Waals surface area contributed by atoms with E-state index < -0.39 is 0 Å². The van der Waals surface area contributed by atoms with Gasteiger partial charge in [0.25, 0.3) is 0 Å². The van der Waals surface area contributed by atoms with Gasteiger partial charge < -0.3 is 27.2 Å². The van der Waals surface area contributed by atoms with E-state index in [-0.39, 0.29) is 25.0 Å². The van der Waals surface area contributed by atoms with Crippen LogP contribution in [0.4, 0.5) is 0 Å². The third-order valence-corrected chi connectivity index (χ3v) is 10.3. The zero-order valence-electron chi connectivity index (χ0n) is 32.7. The van der Waals surface area contributed by atoms with Crippen molar-refractivity contribution in [1.82, 2.24) is 4.90 Å². The lowest BCUT2D eigenvalue weighted by Gasteiger charge is -2.26. The van der Waals surface area contributed by atoms with Crippen molar-refractivity contribution < 1.29 is 31.9 Å². The van der Waals surface area contributed by atoms with Gasteiger partial charge in [-0.05, 0) is 64.2 Å². The van der Waals surface area contributed by atoms with Gasteiger partial charge >= 0.3 is 5.97 Å². The van der Waals surface area contributed by atoms with E-state index in [9.17, 15) is 9.90 Å². The van der Waals surface area contributed by atoms with Crippen LogP contribution in [0.3, 0.4) is 0 Å². The van der Waals surface area contributed by atoms with Crippen molar-refractivity contribution in [2.45, 2.75) is 206 Å². The molecular formula is C43H83ClN2O3. The highest BCUT2D eigenvalue weighted by atomic mass is 35.5. The van der Waals surface area contributed by atoms with Gasteiger partial charge in [0, 0.05) is 19.4 Å². The Kier molecular flexibility index (Phi) is 37.7. The van der Waals surface area contributed by atoms with Gasteiger partial charge in [-0.15, -0.1) is 0 Å². The van der Waals surface area contributed by atoms with Gasteiger partial charge in [0.1, 0.15) is 19.3 Å². The molecule has 0 spiro atoms. The smallest absolute Gasteiger partial charge is 0.305 e. The molecule has 0 radical (unpaired) electrons. The topological polar surface area (TPSA) is 54.2 Å². The van der Waals surface area contributed by atoms with E-state index >= 15 is 0 Å². The zero-order valence-corrected chi connectivity index (χ0v) is 33.5. The lowest BCUT2D eigenvalue weighted by Crippen LogP contribution is -3.15. The van der Waals surface area contributed by atoms with E-state index in [1.165, 1.54) is 172 Å². The maximum atomic E-state index is 12.3. The zero-order chi connectivity index (χ0) is 34.6. The molecule has 2 N–H and O–H groups in total. The monoisotopic (exact) mass is 711 g/mol. The van der Waals surface area contributed by atoms with Crippen LogP contribution in [0, 0.1) is 0 Å². The van der Waals surface area contributed by atoms with Gasteiger partial charge in [0.05, 0.1) is 19.7 Å². The molecule has 49 heavy (non-hydrogen) atoms. The molecule has 0 aromatic heterocycles. The van der Waals surface area contributed by atoms with Crippen molar-refractivity contribution in [2.24, 2.45) is 0 Å². The van der Waals surface area contributed by atoms with Crippen LogP contribution in [0.2, 0.25) is 0 Å². The average Bonchev–Trinajstić information content (AvgIpc) is 3.47. The first-order valence-electron chi connectivity index (χ1n) is 21.4. The number of β-amino-alcohol motifs (C(OH)–C–C–N with tert-alkyl or cyclic N) is 1. The van der Waals surface area contributed by atoms with Crippen molar-refractivity contribution in [1.29, 1.82) is 0 Å². The predicted molar refractivity (Wildman–Crippen MR) is 208 cm³/mol. The first-order valence-corrected chi connectivity index (χ1v) is 21.4. The molecule has 0 bridgehead atoms.